The van der Waals surface area contributed by atoms with Gasteiger partial charge in [0.15, 0.2) is 0 Å². The van der Waals surface area contributed by atoms with E-state index in [1.54, 1.807) is 11.8 Å². The molecule has 1 aromatic rings. The van der Waals surface area contributed by atoms with E-state index in [-0.39, 0.29) is 11.9 Å². The molecule has 88 valence electrons. The van der Waals surface area contributed by atoms with Crippen LogP contribution in [0.4, 0.5) is 0 Å². The molecule has 2 nitrogen and oxygen atoms in total. The Labute approximate surface area is 109 Å². The fourth-order valence-electron chi connectivity index (χ4n) is 1.23. The molecule has 0 aromatic heterocycles. The van der Waals surface area contributed by atoms with E-state index in [0.717, 1.165) is 16.0 Å². The number of rotatable bonds is 5. The molecule has 1 atom stereocenters. The molecule has 0 radical (unpaired) electrons. The second-order valence-electron chi connectivity index (χ2n) is 3.53. The molecule has 0 amide bonds. The first-order valence-electron chi connectivity index (χ1n) is 5.04. The number of methoxy groups -OCH3 is 1. The van der Waals surface area contributed by atoms with Crippen LogP contribution in [-0.4, -0.2) is 18.8 Å². The van der Waals surface area contributed by atoms with Crippen molar-refractivity contribution in [1.82, 2.24) is 0 Å². The molecule has 0 fully saturated rings. The maximum absolute atomic E-state index is 11.2. The molecule has 0 saturated heterocycles. The smallest absolute Gasteiger partial charge is 0.309 e. The van der Waals surface area contributed by atoms with Crippen LogP contribution >= 0.6 is 27.7 Å². The highest BCUT2D eigenvalue weighted by molar-refractivity contribution is 9.10. The summed E-state index contributed by atoms with van der Waals surface area (Å²) >= 11 is 5.24. The Morgan fingerprint density at radius 2 is 2.19 bits per heavy atom. The normalized spacial score (nSPS) is 12.2. The van der Waals surface area contributed by atoms with Crippen molar-refractivity contribution in [1.29, 1.82) is 0 Å². The van der Waals surface area contributed by atoms with E-state index in [1.807, 2.05) is 25.1 Å². The average Bonchev–Trinajstić information content (AvgIpc) is 2.30. The molecule has 0 aliphatic heterocycles. The van der Waals surface area contributed by atoms with Gasteiger partial charge in [-0.3, -0.25) is 4.79 Å². The summed E-state index contributed by atoms with van der Waals surface area (Å²) in [7, 11) is 1.43. The Balaban J connectivity index is 2.36. The zero-order chi connectivity index (χ0) is 12.0. The van der Waals surface area contributed by atoms with Crippen LogP contribution in [0.5, 0.6) is 0 Å². The second kappa shape index (κ2) is 6.97. The molecule has 1 rings (SSSR count). The summed E-state index contributed by atoms with van der Waals surface area (Å²) in [5, 5.41) is 0. The summed E-state index contributed by atoms with van der Waals surface area (Å²) in [6.45, 7) is 1.89. The highest BCUT2D eigenvalue weighted by Gasteiger charge is 2.12. The minimum atomic E-state index is -0.139. The third-order valence-electron chi connectivity index (χ3n) is 2.19. The van der Waals surface area contributed by atoms with Crippen molar-refractivity contribution in [3.63, 3.8) is 0 Å². The molecule has 0 aliphatic carbocycles. The first kappa shape index (κ1) is 13.6. The van der Waals surface area contributed by atoms with Crippen molar-refractivity contribution in [2.45, 2.75) is 12.7 Å². The number of halogens is 1. The number of ether oxygens (including phenoxy) is 1. The van der Waals surface area contributed by atoms with Crippen LogP contribution in [0, 0.1) is 5.92 Å². The lowest BCUT2D eigenvalue weighted by atomic mass is 10.2. The van der Waals surface area contributed by atoms with Gasteiger partial charge in [0.05, 0.1) is 13.0 Å². The van der Waals surface area contributed by atoms with E-state index in [2.05, 4.69) is 26.7 Å². The molecule has 1 unspecified atom stereocenters. The summed E-state index contributed by atoms with van der Waals surface area (Å²) in [6.07, 6.45) is 0. The fraction of sp³-hybridized carbons (Fsp3) is 0.417. The monoisotopic (exact) mass is 302 g/mol. The number of benzene rings is 1. The van der Waals surface area contributed by atoms with Gasteiger partial charge in [-0.05, 0) is 11.6 Å². The summed E-state index contributed by atoms with van der Waals surface area (Å²) in [5.41, 5.74) is 1.25. The minimum absolute atomic E-state index is 0.0440. The summed E-state index contributed by atoms with van der Waals surface area (Å²) in [4.78, 5) is 11.2. The van der Waals surface area contributed by atoms with Gasteiger partial charge < -0.3 is 4.74 Å². The number of thioether (sulfide) groups is 1. The molecular formula is C12H15BrO2S. The first-order chi connectivity index (χ1) is 7.65. The summed E-state index contributed by atoms with van der Waals surface area (Å²) in [6, 6.07) is 8.12. The van der Waals surface area contributed by atoms with Gasteiger partial charge in [0, 0.05) is 16.0 Å². The van der Waals surface area contributed by atoms with Crippen molar-refractivity contribution in [3.8, 4) is 0 Å². The third kappa shape index (κ3) is 4.18. The van der Waals surface area contributed by atoms with E-state index in [1.165, 1.54) is 12.7 Å². The Hall–Kier alpha value is -0.480. The molecule has 4 heteroatoms. The van der Waals surface area contributed by atoms with Gasteiger partial charge in [0.1, 0.15) is 0 Å². The van der Waals surface area contributed by atoms with Crippen molar-refractivity contribution in [2.24, 2.45) is 5.92 Å². The van der Waals surface area contributed by atoms with E-state index in [4.69, 9.17) is 0 Å². The van der Waals surface area contributed by atoms with Crippen LogP contribution in [0.25, 0.3) is 0 Å². The lowest BCUT2D eigenvalue weighted by Crippen LogP contribution is -2.14. The molecule has 16 heavy (non-hydrogen) atoms. The fourth-order valence-corrected chi connectivity index (χ4v) is 2.92. The second-order valence-corrected chi connectivity index (χ2v) is 5.42. The standard InChI is InChI=1S/C12H15BrO2S/c1-9(12(14)15-2)7-16-8-10-5-3-4-6-11(10)13/h3-6,9H,7-8H2,1-2H3. The Morgan fingerprint density at radius 3 is 2.81 bits per heavy atom. The number of carbonyl (C=O) groups excluding carboxylic acids is 1. The molecule has 1 aromatic carbocycles. The lowest BCUT2D eigenvalue weighted by Gasteiger charge is -2.09. The highest BCUT2D eigenvalue weighted by Crippen LogP contribution is 2.22. The third-order valence-corrected chi connectivity index (χ3v) is 4.21. The Kier molecular flexibility index (Phi) is 5.91. The molecular weight excluding hydrogens is 288 g/mol. The predicted molar refractivity (Wildman–Crippen MR) is 71.5 cm³/mol. The van der Waals surface area contributed by atoms with Crippen LogP contribution in [0.3, 0.4) is 0 Å². The first-order valence-corrected chi connectivity index (χ1v) is 6.99. The van der Waals surface area contributed by atoms with Crippen LogP contribution < -0.4 is 0 Å². The van der Waals surface area contributed by atoms with Gasteiger partial charge in [-0.1, -0.05) is 41.1 Å². The van der Waals surface area contributed by atoms with Crippen LogP contribution in [0.15, 0.2) is 28.7 Å². The van der Waals surface area contributed by atoms with Crippen molar-refractivity contribution in [3.05, 3.63) is 34.3 Å². The molecule has 0 spiro atoms. The van der Waals surface area contributed by atoms with Gasteiger partial charge in [0.2, 0.25) is 0 Å². The topological polar surface area (TPSA) is 26.3 Å². The minimum Gasteiger partial charge on any atom is -0.469 e. The van der Waals surface area contributed by atoms with Gasteiger partial charge in [-0.15, -0.1) is 0 Å². The SMILES string of the molecule is COC(=O)C(C)CSCc1ccccc1Br. The van der Waals surface area contributed by atoms with Gasteiger partial charge >= 0.3 is 5.97 Å². The maximum atomic E-state index is 11.2. The van der Waals surface area contributed by atoms with E-state index in [9.17, 15) is 4.79 Å². The van der Waals surface area contributed by atoms with Crippen molar-refractivity contribution in [2.75, 3.05) is 12.9 Å². The van der Waals surface area contributed by atoms with E-state index < -0.39 is 0 Å². The molecule has 0 saturated carbocycles. The molecule has 0 heterocycles. The van der Waals surface area contributed by atoms with Gasteiger partial charge in [-0.25, -0.2) is 0 Å². The highest BCUT2D eigenvalue weighted by atomic mass is 79.9. The van der Waals surface area contributed by atoms with Gasteiger partial charge in [0.25, 0.3) is 0 Å². The van der Waals surface area contributed by atoms with Crippen LogP contribution in [0.2, 0.25) is 0 Å². The number of carbonyl (C=O) groups is 1. The molecule has 0 aliphatic rings. The zero-order valence-electron chi connectivity index (χ0n) is 9.40. The quantitative estimate of drug-likeness (QED) is 0.779. The maximum Gasteiger partial charge on any atom is 0.309 e. The van der Waals surface area contributed by atoms with E-state index >= 15 is 0 Å². The van der Waals surface area contributed by atoms with E-state index in [0.29, 0.717) is 0 Å². The molecule has 0 N–H and O–H groups in total. The van der Waals surface area contributed by atoms with Crippen LogP contribution in [0.1, 0.15) is 12.5 Å². The zero-order valence-corrected chi connectivity index (χ0v) is 11.8. The number of hydrogen-bond donors (Lipinski definition) is 0. The average molecular weight is 303 g/mol. The Bertz CT molecular complexity index is 355. The van der Waals surface area contributed by atoms with Crippen molar-refractivity contribution >= 4 is 33.7 Å². The predicted octanol–water partition coefficient (Wildman–Crippen LogP) is 3.49. The number of hydrogen-bond acceptors (Lipinski definition) is 3. The number of esters is 1. The lowest BCUT2D eigenvalue weighted by molar-refractivity contribution is -0.143. The van der Waals surface area contributed by atoms with Gasteiger partial charge in [-0.2, -0.15) is 11.8 Å². The largest absolute Gasteiger partial charge is 0.469 e. The van der Waals surface area contributed by atoms with Crippen molar-refractivity contribution < 1.29 is 9.53 Å². The van der Waals surface area contributed by atoms with Crippen LogP contribution in [-0.2, 0) is 15.3 Å². The summed E-state index contributed by atoms with van der Waals surface area (Å²) in [5.74, 6) is 1.51. The Morgan fingerprint density at radius 1 is 1.50 bits per heavy atom. The molecule has 0 bridgehead atoms. The summed E-state index contributed by atoms with van der Waals surface area (Å²) < 4.78 is 5.80.